The number of aromatic nitrogens is 1. The number of rotatable bonds is 4. The molecule has 1 heterocycles. The molecule has 1 atom stereocenters. The Morgan fingerprint density at radius 1 is 1.53 bits per heavy atom. The summed E-state index contributed by atoms with van der Waals surface area (Å²) in [5.74, 6) is -1.21. The maximum Gasteiger partial charge on any atom is 0.321 e. The summed E-state index contributed by atoms with van der Waals surface area (Å²) in [6, 6.07) is 1.69. The molecule has 1 aromatic heterocycles. The van der Waals surface area contributed by atoms with E-state index in [0.29, 0.717) is 4.47 Å². The molecule has 17 heavy (non-hydrogen) atoms. The predicted octanol–water partition coefficient (Wildman–Crippen LogP) is 0.938. The van der Waals surface area contributed by atoms with Gasteiger partial charge in [0.15, 0.2) is 5.03 Å². The molecule has 8 heteroatoms. The molecule has 1 aromatic rings. The lowest BCUT2D eigenvalue weighted by Crippen LogP contribution is -2.40. The molecule has 0 radical (unpaired) electrons. The van der Waals surface area contributed by atoms with Crippen LogP contribution >= 0.6 is 15.9 Å². The number of sulfonamides is 1. The van der Waals surface area contributed by atoms with Gasteiger partial charge in [-0.2, -0.15) is 4.31 Å². The molecule has 0 aliphatic carbocycles. The number of halogens is 1. The fourth-order valence-corrected chi connectivity index (χ4v) is 2.49. The Morgan fingerprint density at radius 3 is 2.53 bits per heavy atom. The lowest BCUT2D eigenvalue weighted by Gasteiger charge is -2.20. The topological polar surface area (TPSA) is 87.6 Å². The summed E-state index contributed by atoms with van der Waals surface area (Å²) < 4.78 is 25.4. The predicted molar refractivity (Wildman–Crippen MR) is 64.0 cm³/mol. The molecule has 0 aliphatic rings. The minimum absolute atomic E-state index is 0.184. The molecule has 0 aliphatic heterocycles. The zero-order valence-electron chi connectivity index (χ0n) is 9.16. The molecule has 0 saturated carbocycles. The van der Waals surface area contributed by atoms with Crippen LogP contribution in [-0.2, 0) is 14.8 Å². The van der Waals surface area contributed by atoms with E-state index in [-0.39, 0.29) is 5.03 Å². The van der Waals surface area contributed by atoms with Crippen molar-refractivity contribution in [3.05, 3.63) is 22.8 Å². The van der Waals surface area contributed by atoms with Gasteiger partial charge in [-0.3, -0.25) is 4.79 Å². The van der Waals surface area contributed by atoms with Crippen LogP contribution in [-0.4, -0.2) is 41.9 Å². The number of carboxylic acid groups (broad SMARTS) is 1. The first-order valence-corrected chi connectivity index (χ1v) is 6.82. The van der Waals surface area contributed by atoms with E-state index >= 15 is 0 Å². The van der Waals surface area contributed by atoms with Crippen LogP contribution in [0.2, 0.25) is 0 Å². The third-order valence-electron chi connectivity index (χ3n) is 2.25. The quantitative estimate of drug-likeness (QED) is 0.891. The molecular weight excluding hydrogens is 312 g/mol. The highest BCUT2D eigenvalue weighted by atomic mass is 79.9. The number of carbonyl (C=O) groups is 1. The number of pyridine rings is 1. The monoisotopic (exact) mass is 322 g/mol. The zero-order chi connectivity index (χ0) is 13.2. The second-order valence-corrected chi connectivity index (χ2v) is 6.21. The Bertz CT molecular complexity index is 514. The highest BCUT2D eigenvalue weighted by Crippen LogP contribution is 2.16. The van der Waals surface area contributed by atoms with E-state index in [0.717, 1.165) is 4.31 Å². The van der Waals surface area contributed by atoms with Crippen LogP contribution in [0.5, 0.6) is 0 Å². The molecule has 1 N–H and O–H groups in total. The SMILES string of the molecule is CC(C(=O)O)N(C)S(=O)(=O)c1ccc(Br)cn1. The van der Waals surface area contributed by atoms with Gasteiger partial charge in [-0.1, -0.05) is 0 Å². The molecule has 0 bridgehead atoms. The summed E-state index contributed by atoms with van der Waals surface area (Å²) in [6.45, 7) is 1.29. The summed E-state index contributed by atoms with van der Waals surface area (Å²) in [7, 11) is -2.67. The number of aliphatic carboxylic acids is 1. The molecule has 6 nitrogen and oxygen atoms in total. The maximum atomic E-state index is 12.0. The average molecular weight is 323 g/mol. The number of carboxylic acids is 1. The van der Waals surface area contributed by atoms with Crippen molar-refractivity contribution in [3.8, 4) is 0 Å². The van der Waals surface area contributed by atoms with Gasteiger partial charge in [0.2, 0.25) is 0 Å². The average Bonchev–Trinajstić information content (AvgIpc) is 2.27. The van der Waals surface area contributed by atoms with Crippen LogP contribution in [0.1, 0.15) is 6.92 Å². The lowest BCUT2D eigenvalue weighted by molar-refractivity contribution is -0.140. The lowest BCUT2D eigenvalue weighted by atomic mass is 10.4. The van der Waals surface area contributed by atoms with Crippen molar-refractivity contribution in [3.63, 3.8) is 0 Å². The zero-order valence-corrected chi connectivity index (χ0v) is 11.6. The molecule has 0 spiro atoms. The van der Waals surface area contributed by atoms with Gasteiger partial charge < -0.3 is 5.11 Å². The Morgan fingerprint density at radius 2 is 2.12 bits per heavy atom. The van der Waals surface area contributed by atoms with Crippen LogP contribution in [0, 0.1) is 0 Å². The molecule has 0 saturated heterocycles. The van der Waals surface area contributed by atoms with Crippen molar-refractivity contribution in [1.82, 2.24) is 9.29 Å². The standard InChI is InChI=1S/C9H11BrN2O4S/c1-6(9(13)14)12(2)17(15,16)8-4-3-7(10)5-11-8/h3-6H,1-2H3,(H,13,14). The van der Waals surface area contributed by atoms with E-state index in [1.807, 2.05) is 0 Å². The van der Waals surface area contributed by atoms with E-state index < -0.39 is 22.0 Å². The van der Waals surface area contributed by atoms with Gasteiger partial charge in [0, 0.05) is 17.7 Å². The van der Waals surface area contributed by atoms with Gasteiger partial charge >= 0.3 is 5.97 Å². The highest BCUT2D eigenvalue weighted by molar-refractivity contribution is 9.10. The molecule has 0 aromatic carbocycles. The maximum absolute atomic E-state index is 12.0. The van der Waals surface area contributed by atoms with E-state index in [9.17, 15) is 13.2 Å². The second kappa shape index (κ2) is 5.11. The molecule has 0 fully saturated rings. The summed E-state index contributed by atoms with van der Waals surface area (Å²) >= 11 is 3.14. The number of likely N-dealkylation sites (N-methyl/N-ethyl adjacent to an activating group) is 1. The van der Waals surface area contributed by atoms with Crippen LogP contribution in [0.4, 0.5) is 0 Å². The van der Waals surface area contributed by atoms with Crippen molar-refractivity contribution in [2.75, 3.05) is 7.05 Å². The number of nitrogens with zero attached hydrogens (tertiary/aromatic N) is 2. The molecule has 1 rings (SSSR count). The third kappa shape index (κ3) is 3.02. The van der Waals surface area contributed by atoms with Crippen LogP contribution in [0.3, 0.4) is 0 Å². The first-order chi connectivity index (χ1) is 7.76. The first-order valence-electron chi connectivity index (χ1n) is 4.59. The van der Waals surface area contributed by atoms with Gasteiger partial charge in [0.1, 0.15) is 6.04 Å². The van der Waals surface area contributed by atoms with Crippen molar-refractivity contribution in [2.45, 2.75) is 18.0 Å². The fraction of sp³-hybridized carbons (Fsp3) is 0.333. The minimum atomic E-state index is -3.88. The van der Waals surface area contributed by atoms with Gasteiger partial charge in [0.05, 0.1) is 0 Å². The van der Waals surface area contributed by atoms with E-state index in [4.69, 9.17) is 5.11 Å². The summed E-state index contributed by atoms with van der Waals surface area (Å²) in [5, 5.41) is 8.59. The molecule has 94 valence electrons. The van der Waals surface area contributed by atoms with Crippen molar-refractivity contribution < 1.29 is 18.3 Å². The second-order valence-electron chi connectivity index (χ2n) is 3.35. The van der Waals surface area contributed by atoms with Gasteiger partial charge in [0.25, 0.3) is 10.0 Å². The van der Waals surface area contributed by atoms with Crippen LogP contribution < -0.4 is 0 Å². The summed E-state index contributed by atoms with van der Waals surface area (Å²) in [4.78, 5) is 14.5. The minimum Gasteiger partial charge on any atom is -0.480 e. The molecule has 1 unspecified atom stereocenters. The van der Waals surface area contributed by atoms with Gasteiger partial charge in [-0.15, -0.1) is 0 Å². The first kappa shape index (κ1) is 14.1. The van der Waals surface area contributed by atoms with Crippen LogP contribution in [0.25, 0.3) is 0 Å². The normalized spacial score (nSPS) is 13.6. The van der Waals surface area contributed by atoms with E-state index in [1.165, 1.54) is 32.3 Å². The Hall–Kier alpha value is -0.990. The summed E-state index contributed by atoms with van der Waals surface area (Å²) in [6.07, 6.45) is 1.34. The number of hydrogen-bond acceptors (Lipinski definition) is 4. The third-order valence-corrected chi connectivity index (χ3v) is 4.56. The Kier molecular flexibility index (Phi) is 4.23. The molecular formula is C9H11BrN2O4S. The van der Waals surface area contributed by atoms with E-state index in [1.54, 1.807) is 0 Å². The largest absolute Gasteiger partial charge is 0.480 e. The van der Waals surface area contributed by atoms with Crippen molar-refractivity contribution >= 4 is 31.9 Å². The summed E-state index contributed by atoms with van der Waals surface area (Å²) in [5.41, 5.74) is 0. The fourth-order valence-electron chi connectivity index (χ4n) is 1.03. The van der Waals surface area contributed by atoms with Gasteiger partial charge in [-0.05, 0) is 35.0 Å². The Balaban J connectivity index is 3.11. The van der Waals surface area contributed by atoms with Gasteiger partial charge in [-0.25, -0.2) is 13.4 Å². The Labute approximate surface area is 107 Å². The smallest absolute Gasteiger partial charge is 0.321 e. The van der Waals surface area contributed by atoms with Crippen LogP contribution in [0.15, 0.2) is 27.8 Å². The van der Waals surface area contributed by atoms with Crippen molar-refractivity contribution in [2.24, 2.45) is 0 Å². The highest BCUT2D eigenvalue weighted by Gasteiger charge is 2.30. The number of hydrogen-bond donors (Lipinski definition) is 1. The van der Waals surface area contributed by atoms with E-state index in [2.05, 4.69) is 20.9 Å². The van der Waals surface area contributed by atoms with Crippen molar-refractivity contribution in [1.29, 1.82) is 0 Å². The molecule has 0 amide bonds.